The van der Waals surface area contributed by atoms with E-state index in [9.17, 15) is 13.2 Å². The second-order valence-electron chi connectivity index (χ2n) is 7.91. The Hall–Kier alpha value is -2.58. The molecule has 0 spiro atoms. The van der Waals surface area contributed by atoms with E-state index < -0.39 is 10.0 Å². The van der Waals surface area contributed by atoms with E-state index in [-0.39, 0.29) is 17.3 Å². The molecule has 31 heavy (non-hydrogen) atoms. The highest BCUT2D eigenvalue weighted by molar-refractivity contribution is 7.92. The molecule has 1 saturated heterocycles. The minimum atomic E-state index is -3.91. The zero-order valence-corrected chi connectivity index (χ0v) is 19.0. The van der Waals surface area contributed by atoms with E-state index in [0.29, 0.717) is 23.9 Å². The van der Waals surface area contributed by atoms with Crippen LogP contribution < -0.4 is 14.4 Å². The lowest BCUT2D eigenvalue weighted by molar-refractivity contribution is -0.119. The third-order valence-corrected chi connectivity index (χ3v) is 7.48. The fraction of sp³-hybridized carbons (Fsp3) is 0.435. The molecule has 0 atom stereocenters. The number of piperidine rings is 1. The van der Waals surface area contributed by atoms with Crippen molar-refractivity contribution in [1.29, 1.82) is 0 Å². The lowest BCUT2D eigenvalue weighted by Crippen LogP contribution is -2.41. The van der Waals surface area contributed by atoms with E-state index in [2.05, 4.69) is 17.3 Å². The molecule has 1 heterocycles. The van der Waals surface area contributed by atoms with Gasteiger partial charge in [-0.1, -0.05) is 18.2 Å². The monoisotopic (exact) mass is 445 g/mol. The Balaban J connectivity index is 1.68. The van der Waals surface area contributed by atoms with Crippen LogP contribution in [0, 0.1) is 5.92 Å². The third-order valence-electron chi connectivity index (χ3n) is 5.69. The van der Waals surface area contributed by atoms with Crippen LogP contribution in [0.5, 0.6) is 5.75 Å². The molecule has 0 radical (unpaired) electrons. The first kappa shape index (κ1) is 23.1. The van der Waals surface area contributed by atoms with Gasteiger partial charge in [0, 0.05) is 6.54 Å². The predicted molar refractivity (Wildman–Crippen MR) is 122 cm³/mol. The maximum atomic E-state index is 13.3. The number of hydrogen-bond donors (Lipinski definition) is 1. The number of para-hydroxylation sites is 1. The summed E-state index contributed by atoms with van der Waals surface area (Å²) in [5.41, 5.74) is 0.448. The molecular weight excluding hydrogens is 414 g/mol. The van der Waals surface area contributed by atoms with Gasteiger partial charge in [-0.3, -0.25) is 9.10 Å². The van der Waals surface area contributed by atoms with Crippen LogP contribution in [0.25, 0.3) is 0 Å². The maximum Gasteiger partial charge on any atom is 0.264 e. The lowest BCUT2D eigenvalue weighted by atomic mass is 9.94. The molecular formula is C23H31N3O4S. The Morgan fingerprint density at radius 3 is 2.35 bits per heavy atom. The van der Waals surface area contributed by atoms with Crippen molar-refractivity contribution in [3.63, 3.8) is 0 Å². The molecule has 7 nitrogen and oxygen atoms in total. The number of sulfonamides is 1. The number of hydrogen-bond acceptors (Lipinski definition) is 5. The Labute approximate surface area is 185 Å². The smallest absolute Gasteiger partial charge is 0.264 e. The Bertz CT molecular complexity index is 941. The first-order valence-electron chi connectivity index (χ1n) is 10.6. The average Bonchev–Trinajstić information content (AvgIpc) is 2.79. The summed E-state index contributed by atoms with van der Waals surface area (Å²) in [5.74, 6) is 0.857. The van der Waals surface area contributed by atoms with Gasteiger partial charge in [0.1, 0.15) is 12.3 Å². The van der Waals surface area contributed by atoms with Crippen molar-refractivity contribution in [2.45, 2.75) is 24.2 Å². The highest BCUT2D eigenvalue weighted by Gasteiger charge is 2.27. The van der Waals surface area contributed by atoms with Crippen LogP contribution in [-0.4, -0.2) is 59.6 Å². The molecule has 1 amide bonds. The van der Waals surface area contributed by atoms with Crippen LogP contribution in [0.2, 0.25) is 0 Å². The van der Waals surface area contributed by atoms with Gasteiger partial charge in [-0.15, -0.1) is 0 Å². The van der Waals surface area contributed by atoms with Gasteiger partial charge in [0.15, 0.2) is 0 Å². The molecule has 0 aromatic heterocycles. The number of methoxy groups -OCH3 is 1. The van der Waals surface area contributed by atoms with Gasteiger partial charge in [0.05, 0.1) is 17.7 Å². The molecule has 1 aliphatic heterocycles. The minimum absolute atomic E-state index is 0.108. The first-order valence-corrected chi connectivity index (χ1v) is 12.0. The molecule has 8 heteroatoms. The summed E-state index contributed by atoms with van der Waals surface area (Å²) in [5, 5.41) is 2.90. The summed E-state index contributed by atoms with van der Waals surface area (Å²) in [4.78, 5) is 15.1. The standard InChI is InChI=1S/C23H31N3O4S/c1-25-16-13-19(14-17-25)12-15-24-23(27)18-26(20-6-4-3-5-7-20)31(28,29)22-10-8-21(30-2)9-11-22/h3-11,19H,12-18H2,1-2H3,(H,24,27). The number of anilines is 1. The topological polar surface area (TPSA) is 79.0 Å². The molecule has 1 fully saturated rings. The number of nitrogens with one attached hydrogen (secondary N) is 1. The molecule has 0 unspecified atom stereocenters. The van der Waals surface area contributed by atoms with E-state index in [1.165, 1.54) is 19.2 Å². The molecule has 0 aliphatic carbocycles. The van der Waals surface area contributed by atoms with Crippen LogP contribution in [0.15, 0.2) is 59.5 Å². The van der Waals surface area contributed by atoms with Crippen molar-refractivity contribution in [2.75, 3.05) is 44.6 Å². The summed E-state index contributed by atoms with van der Waals surface area (Å²) < 4.78 is 32.9. The van der Waals surface area contributed by atoms with Crippen LogP contribution in [0.4, 0.5) is 5.69 Å². The Morgan fingerprint density at radius 1 is 1.10 bits per heavy atom. The van der Waals surface area contributed by atoms with Crippen LogP contribution in [0.3, 0.4) is 0 Å². The fourth-order valence-corrected chi connectivity index (χ4v) is 5.16. The molecule has 3 rings (SSSR count). The summed E-state index contributed by atoms with van der Waals surface area (Å²) in [6, 6.07) is 14.9. The number of nitrogens with zero attached hydrogens (tertiary/aromatic N) is 2. The van der Waals surface area contributed by atoms with Crippen molar-refractivity contribution >= 4 is 21.6 Å². The van der Waals surface area contributed by atoms with Gasteiger partial charge in [0.2, 0.25) is 5.91 Å². The second kappa shape index (κ2) is 10.6. The van der Waals surface area contributed by atoms with Gasteiger partial charge in [0.25, 0.3) is 10.0 Å². The van der Waals surface area contributed by atoms with Gasteiger partial charge >= 0.3 is 0 Å². The van der Waals surface area contributed by atoms with Gasteiger partial charge < -0.3 is 15.0 Å². The average molecular weight is 446 g/mol. The first-order chi connectivity index (χ1) is 14.9. The van der Waals surface area contributed by atoms with Crippen molar-refractivity contribution in [3.05, 3.63) is 54.6 Å². The summed E-state index contributed by atoms with van der Waals surface area (Å²) in [7, 11) is -0.266. The number of amides is 1. The fourth-order valence-electron chi connectivity index (χ4n) is 3.74. The normalized spacial score (nSPS) is 15.4. The van der Waals surface area contributed by atoms with E-state index in [0.717, 1.165) is 36.7 Å². The molecule has 168 valence electrons. The predicted octanol–water partition coefficient (Wildman–Crippen LogP) is 2.74. The number of benzene rings is 2. The number of ether oxygens (including phenoxy) is 1. The zero-order valence-electron chi connectivity index (χ0n) is 18.2. The summed E-state index contributed by atoms with van der Waals surface area (Å²) in [6.07, 6.45) is 3.18. The lowest BCUT2D eigenvalue weighted by Gasteiger charge is -2.29. The zero-order chi connectivity index (χ0) is 22.3. The molecule has 0 saturated carbocycles. The highest BCUT2D eigenvalue weighted by Crippen LogP contribution is 2.25. The van der Waals surface area contributed by atoms with E-state index in [1.807, 2.05) is 6.07 Å². The highest BCUT2D eigenvalue weighted by atomic mass is 32.2. The van der Waals surface area contributed by atoms with Crippen LogP contribution in [0.1, 0.15) is 19.3 Å². The summed E-state index contributed by atoms with van der Waals surface area (Å²) >= 11 is 0. The van der Waals surface area contributed by atoms with Crippen molar-refractivity contribution < 1.29 is 17.9 Å². The molecule has 0 bridgehead atoms. The van der Waals surface area contributed by atoms with Crippen molar-refractivity contribution in [2.24, 2.45) is 5.92 Å². The number of rotatable bonds is 9. The van der Waals surface area contributed by atoms with Crippen LogP contribution >= 0.6 is 0 Å². The van der Waals surface area contributed by atoms with Gasteiger partial charge in [-0.2, -0.15) is 0 Å². The molecule has 2 aromatic carbocycles. The Morgan fingerprint density at radius 2 is 1.74 bits per heavy atom. The number of likely N-dealkylation sites (tertiary alicyclic amines) is 1. The van der Waals surface area contributed by atoms with E-state index in [4.69, 9.17) is 4.74 Å². The quantitative estimate of drug-likeness (QED) is 0.642. The molecule has 1 aliphatic rings. The van der Waals surface area contributed by atoms with E-state index in [1.54, 1.807) is 36.4 Å². The summed E-state index contributed by atoms with van der Waals surface area (Å²) in [6.45, 7) is 2.45. The molecule has 1 N–H and O–H groups in total. The Kier molecular flexibility index (Phi) is 7.92. The van der Waals surface area contributed by atoms with Crippen LogP contribution in [-0.2, 0) is 14.8 Å². The second-order valence-corrected chi connectivity index (χ2v) is 9.77. The largest absolute Gasteiger partial charge is 0.497 e. The van der Waals surface area contributed by atoms with Gasteiger partial charge in [-0.05, 0) is 81.7 Å². The van der Waals surface area contributed by atoms with Gasteiger partial charge in [-0.25, -0.2) is 8.42 Å². The number of carbonyl (C=O) groups is 1. The third kappa shape index (κ3) is 6.21. The van der Waals surface area contributed by atoms with E-state index >= 15 is 0 Å². The number of carbonyl (C=O) groups excluding carboxylic acids is 1. The SMILES string of the molecule is COc1ccc(S(=O)(=O)N(CC(=O)NCCC2CCN(C)CC2)c2ccccc2)cc1. The van der Waals surface area contributed by atoms with Crippen molar-refractivity contribution in [1.82, 2.24) is 10.2 Å². The van der Waals surface area contributed by atoms with Crippen molar-refractivity contribution in [3.8, 4) is 5.75 Å². The maximum absolute atomic E-state index is 13.3. The molecule has 2 aromatic rings. The minimum Gasteiger partial charge on any atom is -0.497 e.